The van der Waals surface area contributed by atoms with Crippen molar-refractivity contribution in [2.75, 3.05) is 95.4 Å². The van der Waals surface area contributed by atoms with E-state index in [0.717, 1.165) is 160 Å². The second kappa shape index (κ2) is 24.5. The SMILES string of the molecule is CC(=O)N(CCCCCCN(c1nc(N2CCOCC2)nc(N(CCCCCCN(C(C)=O)C2CC(C)(C)N(C)C(C)(C)C2)C2CC(C)(C)N(C)C(C)(C)C2)n1)C1CC(C)(C)N(C)C(C)(C)C1)C1CC(C)(C)N(C)C(C)(C)C1. The molecule has 0 radical (unpaired) electrons. The van der Waals surface area contributed by atoms with E-state index in [2.05, 4.69) is 183 Å². The molecule has 0 aliphatic carbocycles. The van der Waals surface area contributed by atoms with Gasteiger partial charge in [-0.1, -0.05) is 25.7 Å². The van der Waals surface area contributed by atoms with Crippen LogP contribution in [0.25, 0.3) is 0 Å². The van der Waals surface area contributed by atoms with Gasteiger partial charge in [-0.05, 0) is 216 Å². The first-order valence-corrected chi connectivity index (χ1v) is 31.0. The van der Waals surface area contributed by atoms with Gasteiger partial charge in [0.2, 0.25) is 29.7 Å². The smallest absolute Gasteiger partial charge is 0.232 e. The van der Waals surface area contributed by atoms with Gasteiger partial charge in [0.15, 0.2) is 0 Å². The van der Waals surface area contributed by atoms with Crippen LogP contribution >= 0.6 is 0 Å². The van der Waals surface area contributed by atoms with E-state index in [4.69, 9.17) is 19.7 Å². The van der Waals surface area contributed by atoms with Gasteiger partial charge in [-0.3, -0.25) is 29.2 Å². The number of carbonyl (C=O) groups excluding carboxylic acids is 2. The number of ether oxygens (including phenoxy) is 1. The molecule has 0 atom stereocenters. The molecule has 0 bridgehead atoms. The van der Waals surface area contributed by atoms with Crippen LogP contribution in [0.2, 0.25) is 0 Å². The second-order valence-electron chi connectivity index (χ2n) is 30.5. The van der Waals surface area contributed by atoms with E-state index in [1.165, 1.54) is 0 Å². The van der Waals surface area contributed by atoms with Gasteiger partial charge in [0.25, 0.3) is 0 Å². The lowest BCUT2D eigenvalue weighted by Gasteiger charge is -2.56. The van der Waals surface area contributed by atoms with Crippen molar-refractivity contribution >= 4 is 29.7 Å². The maximum atomic E-state index is 13.3. The van der Waals surface area contributed by atoms with Gasteiger partial charge < -0.3 is 29.2 Å². The maximum absolute atomic E-state index is 13.3. The van der Waals surface area contributed by atoms with Crippen molar-refractivity contribution in [1.29, 1.82) is 0 Å². The highest BCUT2D eigenvalue weighted by atomic mass is 16.5. The Balaban J connectivity index is 1.27. The molecule has 0 unspecified atom stereocenters. The molecule has 5 aliphatic rings. The number of anilines is 3. The fourth-order valence-electron chi connectivity index (χ4n) is 15.6. The predicted molar refractivity (Wildman–Crippen MR) is 325 cm³/mol. The molecule has 0 spiro atoms. The molecule has 15 heteroatoms. The van der Waals surface area contributed by atoms with Crippen LogP contribution in [-0.2, 0) is 14.3 Å². The van der Waals surface area contributed by atoms with E-state index in [-0.39, 0.29) is 80.3 Å². The van der Waals surface area contributed by atoms with E-state index < -0.39 is 0 Å². The highest BCUT2D eigenvalue weighted by Gasteiger charge is 2.49. The van der Waals surface area contributed by atoms with Crippen molar-refractivity contribution < 1.29 is 14.3 Å². The minimum absolute atomic E-state index is 0.0251. The predicted octanol–water partition coefficient (Wildman–Crippen LogP) is 10.7. The molecule has 6 rings (SSSR count). The molecule has 1 aromatic rings. The van der Waals surface area contributed by atoms with Crippen LogP contribution in [0, 0.1) is 0 Å². The normalized spacial score (nSPS) is 25.0. The van der Waals surface area contributed by atoms with Gasteiger partial charge in [-0.25, -0.2) is 0 Å². The van der Waals surface area contributed by atoms with Crippen LogP contribution in [0.4, 0.5) is 17.8 Å². The largest absolute Gasteiger partial charge is 0.378 e. The fraction of sp³-hybridized carbons (Fsp3) is 0.921. The molecule has 5 fully saturated rings. The van der Waals surface area contributed by atoms with Crippen molar-refractivity contribution in [3.05, 3.63) is 0 Å². The number of hydrogen-bond donors (Lipinski definition) is 0. The van der Waals surface area contributed by atoms with Crippen LogP contribution in [-0.4, -0.2) is 205 Å². The highest BCUT2D eigenvalue weighted by molar-refractivity contribution is 5.74. The highest BCUT2D eigenvalue weighted by Crippen LogP contribution is 2.44. The lowest BCUT2D eigenvalue weighted by molar-refractivity contribution is -0.137. The summed E-state index contributed by atoms with van der Waals surface area (Å²) >= 11 is 0. The summed E-state index contributed by atoms with van der Waals surface area (Å²) in [5.41, 5.74) is -0.0114. The van der Waals surface area contributed by atoms with Crippen molar-refractivity contribution in [3.8, 4) is 0 Å². The fourth-order valence-corrected chi connectivity index (χ4v) is 15.6. The van der Waals surface area contributed by atoms with Crippen molar-refractivity contribution in [2.24, 2.45) is 0 Å². The molecule has 5 saturated heterocycles. The number of rotatable bonds is 21. The zero-order valence-electron chi connectivity index (χ0n) is 54.4. The Morgan fingerprint density at radius 2 is 0.667 bits per heavy atom. The van der Waals surface area contributed by atoms with Crippen molar-refractivity contribution in [3.63, 3.8) is 0 Å². The van der Waals surface area contributed by atoms with Gasteiger partial charge in [0.05, 0.1) is 13.2 Å². The lowest BCUT2D eigenvalue weighted by Crippen LogP contribution is -2.63. The number of hydrogen-bond acceptors (Lipinski definition) is 13. The minimum Gasteiger partial charge on any atom is -0.378 e. The Hall–Kier alpha value is -2.85. The molecule has 0 saturated carbocycles. The number of carbonyl (C=O) groups is 2. The number of likely N-dealkylation sites (tertiary alicyclic amines) is 4. The molecule has 1 aromatic heterocycles. The molecular formula is C63H118N12O3. The van der Waals surface area contributed by atoms with Gasteiger partial charge >= 0.3 is 0 Å². The molecular weight excluding hydrogens is 973 g/mol. The van der Waals surface area contributed by atoms with Crippen LogP contribution < -0.4 is 14.7 Å². The number of piperidine rings is 4. The molecule has 5 aliphatic heterocycles. The van der Waals surface area contributed by atoms with Gasteiger partial charge in [0.1, 0.15) is 0 Å². The topological polar surface area (TPSA) is 111 Å². The Bertz CT molecular complexity index is 1940. The van der Waals surface area contributed by atoms with Crippen molar-refractivity contribution in [1.82, 2.24) is 44.4 Å². The third kappa shape index (κ3) is 15.0. The molecule has 78 heavy (non-hydrogen) atoms. The quantitative estimate of drug-likeness (QED) is 0.109. The number of unbranched alkanes of at least 4 members (excludes halogenated alkanes) is 6. The van der Waals surface area contributed by atoms with Crippen LogP contribution in [0.5, 0.6) is 0 Å². The first-order valence-electron chi connectivity index (χ1n) is 31.0. The third-order valence-corrected chi connectivity index (χ3v) is 21.2. The van der Waals surface area contributed by atoms with E-state index >= 15 is 0 Å². The summed E-state index contributed by atoms with van der Waals surface area (Å²) in [6.07, 6.45) is 16.3. The first kappa shape index (κ1) is 64.3. The molecule has 0 N–H and O–H groups in total. The second-order valence-corrected chi connectivity index (χ2v) is 30.5. The Labute approximate surface area is 477 Å². The molecule has 2 amide bonds. The van der Waals surface area contributed by atoms with Crippen LogP contribution in [0.15, 0.2) is 0 Å². The van der Waals surface area contributed by atoms with E-state index in [9.17, 15) is 9.59 Å². The summed E-state index contributed by atoms with van der Waals surface area (Å²) < 4.78 is 5.93. The van der Waals surface area contributed by atoms with Gasteiger partial charge in [-0.2, -0.15) is 15.0 Å². The molecule has 15 nitrogen and oxygen atoms in total. The lowest BCUT2D eigenvalue weighted by atomic mass is 9.77. The summed E-state index contributed by atoms with van der Waals surface area (Å²) in [5, 5.41) is 0. The average molecular weight is 1090 g/mol. The monoisotopic (exact) mass is 1090 g/mol. The summed E-state index contributed by atoms with van der Waals surface area (Å²) in [6, 6.07) is 0.969. The van der Waals surface area contributed by atoms with Gasteiger partial charge in [-0.15, -0.1) is 0 Å². The standard InChI is InChI=1S/C63H118N12O3/c1-47(76)72(49-39-56(3,4)67(19)57(5,6)40-49)31-27-23-25-29-33-74(51-43-60(11,12)69(21)61(13,14)44-51)54-64-53(71-35-37-78-38-36-71)65-55(66-54)75(52-45-62(15,16)70(22)63(17,18)46-52)34-30-26-24-28-32-73(48(2)77)50-41-58(7,8)68(20)59(9,10)42-50/h49-52H,23-46H2,1-22H3. The summed E-state index contributed by atoms with van der Waals surface area (Å²) in [7, 11) is 9.09. The summed E-state index contributed by atoms with van der Waals surface area (Å²) in [4.78, 5) is 65.5. The summed E-state index contributed by atoms with van der Waals surface area (Å²) in [5.74, 6) is 2.77. The Morgan fingerprint density at radius 3 is 0.936 bits per heavy atom. The van der Waals surface area contributed by atoms with E-state index in [0.29, 0.717) is 13.2 Å². The number of amides is 2. The van der Waals surface area contributed by atoms with Crippen molar-refractivity contribution in [2.45, 2.75) is 296 Å². The number of aromatic nitrogens is 3. The molecule has 448 valence electrons. The first-order chi connectivity index (χ1) is 35.9. The molecule has 6 heterocycles. The molecule has 0 aromatic carbocycles. The third-order valence-electron chi connectivity index (χ3n) is 21.2. The number of nitrogens with zero attached hydrogens (tertiary/aromatic N) is 12. The zero-order valence-corrected chi connectivity index (χ0v) is 54.4. The average Bonchev–Trinajstić information content (AvgIpc) is 3.38. The van der Waals surface area contributed by atoms with Crippen LogP contribution in [0.1, 0.15) is 227 Å². The van der Waals surface area contributed by atoms with Gasteiger partial charge in [0, 0.05) is 122 Å². The van der Waals surface area contributed by atoms with E-state index in [1.54, 1.807) is 13.8 Å². The number of morpholine rings is 1. The van der Waals surface area contributed by atoms with Crippen LogP contribution in [0.3, 0.4) is 0 Å². The maximum Gasteiger partial charge on any atom is 0.232 e. The minimum atomic E-state index is -0.0279. The van der Waals surface area contributed by atoms with E-state index in [1.807, 2.05) is 0 Å². The zero-order chi connectivity index (χ0) is 58.2. The Morgan fingerprint density at radius 1 is 0.410 bits per heavy atom. The Kier molecular flexibility index (Phi) is 20.2. The summed E-state index contributed by atoms with van der Waals surface area (Å²) in [6.45, 7) is 47.6.